The minimum atomic E-state index is 0.277. The monoisotopic (exact) mass is 504 g/mol. The second-order valence-electron chi connectivity index (χ2n) is 9.87. The summed E-state index contributed by atoms with van der Waals surface area (Å²) in [5.74, 6) is 1.75. The standard InChI is InChI=1S/C33H29ClN2O/c1-22-10-16-31-30(18-22)28-8-5-9-29(28)33(36-31)24-11-14-27(15-12-24)35-20-25-19-26(34)13-17-32(25)37-21-23-6-3-2-4-7-23/h2-8,10-20,28-29,33,36H,9,21H2,1H3/t28-,29-,33+/m1/s1. The highest BCUT2D eigenvalue weighted by Gasteiger charge is 2.37. The third-order valence-corrected chi connectivity index (χ3v) is 7.57. The van der Waals surface area contributed by atoms with Gasteiger partial charge in [0, 0.05) is 28.4 Å². The number of nitrogens with zero attached hydrogens (tertiary/aromatic N) is 1. The molecular weight excluding hydrogens is 476 g/mol. The molecule has 2 aliphatic rings. The highest BCUT2D eigenvalue weighted by Crippen LogP contribution is 2.50. The molecule has 0 amide bonds. The Bertz CT molecular complexity index is 1460. The van der Waals surface area contributed by atoms with Gasteiger partial charge in [-0.05, 0) is 72.4 Å². The summed E-state index contributed by atoms with van der Waals surface area (Å²) in [6.07, 6.45) is 7.64. The molecule has 3 atom stereocenters. The third-order valence-electron chi connectivity index (χ3n) is 7.33. The van der Waals surface area contributed by atoms with Crippen LogP contribution in [0.1, 0.15) is 46.2 Å². The molecule has 37 heavy (non-hydrogen) atoms. The van der Waals surface area contributed by atoms with Gasteiger partial charge in [-0.3, -0.25) is 4.99 Å². The molecule has 1 aliphatic carbocycles. The summed E-state index contributed by atoms with van der Waals surface area (Å²) < 4.78 is 6.08. The van der Waals surface area contributed by atoms with Gasteiger partial charge in [-0.1, -0.05) is 83.9 Å². The number of aliphatic imine (C=N–C) groups is 1. The maximum absolute atomic E-state index is 6.28. The zero-order valence-corrected chi connectivity index (χ0v) is 21.5. The van der Waals surface area contributed by atoms with Crippen LogP contribution in [0.5, 0.6) is 5.75 Å². The largest absolute Gasteiger partial charge is 0.488 e. The summed E-state index contributed by atoms with van der Waals surface area (Å²) in [5.41, 5.74) is 8.13. The molecule has 0 fully saturated rings. The van der Waals surface area contributed by atoms with Crippen LogP contribution >= 0.6 is 11.6 Å². The Morgan fingerprint density at radius 2 is 1.81 bits per heavy atom. The first-order chi connectivity index (χ1) is 18.1. The van der Waals surface area contributed by atoms with E-state index in [1.165, 1.54) is 22.4 Å². The van der Waals surface area contributed by atoms with Crippen molar-refractivity contribution in [2.45, 2.75) is 31.9 Å². The lowest BCUT2D eigenvalue weighted by Crippen LogP contribution is -2.29. The van der Waals surface area contributed by atoms with E-state index in [0.717, 1.165) is 29.0 Å². The fraction of sp³-hybridized carbons (Fsp3) is 0.182. The summed E-state index contributed by atoms with van der Waals surface area (Å²) in [6, 6.07) is 31.3. The van der Waals surface area contributed by atoms with Crippen LogP contribution < -0.4 is 10.1 Å². The predicted molar refractivity (Wildman–Crippen MR) is 153 cm³/mol. The Morgan fingerprint density at radius 1 is 0.973 bits per heavy atom. The van der Waals surface area contributed by atoms with Crippen molar-refractivity contribution in [1.29, 1.82) is 0 Å². The molecule has 0 saturated heterocycles. The van der Waals surface area contributed by atoms with E-state index in [1.54, 1.807) is 0 Å². The highest BCUT2D eigenvalue weighted by molar-refractivity contribution is 6.30. The van der Waals surface area contributed by atoms with Gasteiger partial charge in [0.1, 0.15) is 12.4 Å². The van der Waals surface area contributed by atoms with Crippen LogP contribution in [0.3, 0.4) is 0 Å². The number of benzene rings is 4. The van der Waals surface area contributed by atoms with Gasteiger partial charge in [0.2, 0.25) is 0 Å². The molecule has 1 N–H and O–H groups in total. The Balaban J connectivity index is 1.20. The van der Waals surface area contributed by atoms with Crippen LogP contribution in [0, 0.1) is 12.8 Å². The Labute approximate surface area is 223 Å². The number of allylic oxidation sites excluding steroid dienone is 2. The van der Waals surface area contributed by atoms with Gasteiger partial charge in [0.05, 0.1) is 11.7 Å². The number of fused-ring (bicyclic) bond motifs is 3. The van der Waals surface area contributed by atoms with Crippen LogP contribution in [0.4, 0.5) is 11.4 Å². The molecule has 4 aromatic rings. The lowest BCUT2D eigenvalue weighted by atomic mass is 9.76. The molecule has 1 heterocycles. The number of hydrogen-bond donors (Lipinski definition) is 1. The third kappa shape index (κ3) is 5.05. The minimum absolute atomic E-state index is 0.277. The predicted octanol–water partition coefficient (Wildman–Crippen LogP) is 8.80. The molecule has 4 heteroatoms. The second kappa shape index (κ2) is 10.3. The fourth-order valence-corrected chi connectivity index (χ4v) is 5.62. The van der Waals surface area contributed by atoms with Crippen molar-refractivity contribution in [3.63, 3.8) is 0 Å². The van der Waals surface area contributed by atoms with E-state index in [4.69, 9.17) is 21.3 Å². The number of halogens is 1. The fourth-order valence-electron chi connectivity index (χ4n) is 5.44. The lowest BCUT2D eigenvalue weighted by molar-refractivity contribution is 0.306. The van der Waals surface area contributed by atoms with E-state index in [-0.39, 0.29) is 6.04 Å². The molecule has 3 nitrogen and oxygen atoms in total. The molecule has 0 saturated carbocycles. The Kier molecular flexibility index (Phi) is 6.55. The lowest BCUT2D eigenvalue weighted by Gasteiger charge is -2.37. The smallest absolute Gasteiger partial charge is 0.128 e. The zero-order chi connectivity index (χ0) is 25.2. The highest BCUT2D eigenvalue weighted by atomic mass is 35.5. The first-order valence-corrected chi connectivity index (χ1v) is 13.2. The number of aryl methyl sites for hydroxylation is 1. The molecular formula is C33H29ClN2O. The average Bonchev–Trinajstić information content (AvgIpc) is 3.42. The van der Waals surface area contributed by atoms with Gasteiger partial charge in [-0.2, -0.15) is 0 Å². The van der Waals surface area contributed by atoms with Gasteiger partial charge in [-0.25, -0.2) is 0 Å². The van der Waals surface area contributed by atoms with Crippen molar-refractivity contribution in [3.05, 3.63) is 136 Å². The van der Waals surface area contributed by atoms with Gasteiger partial charge >= 0.3 is 0 Å². The maximum atomic E-state index is 6.28. The van der Waals surface area contributed by atoms with Gasteiger partial charge in [-0.15, -0.1) is 0 Å². The van der Waals surface area contributed by atoms with Crippen LogP contribution in [-0.2, 0) is 6.61 Å². The van der Waals surface area contributed by atoms with Crippen LogP contribution in [0.25, 0.3) is 0 Å². The van der Waals surface area contributed by atoms with Crippen molar-refractivity contribution in [1.82, 2.24) is 0 Å². The topological polar surface area (TPSA) is 33.6 Å². The van der Waals surface area contributed by atoms with Crippen molar-refractivity contribution >= 4 is 29.2 Å². The van der Waals surface area contributed by atoms with E-state index in [0.29, 0.717) is 23.5 Å². The molecule has 0 spiro atoms. The van der Waals surface area contributed by atoms with E-state index in [1.807, 2.05) is 42.6 Å². The van der Waals surface area contributed by atoms with Crippen molar-refractivity contribution in [2.75, 3.05) is 5.32 Å². The number of rotatable bonds is 6. The molecule has 0 aromatic heterocycles. The van der Waals surface area contributed by atoms with Crippen LogP contribution in [0.15, 0.2) is 108 Å². The summed E-state index contributed by atoms with van der Waals surface area (Å²) in [4.78, 5) is 4.74. The van der Waals surface area contributed by atoms with Crippen molar-refractivity contribution in [2.24, 2.45) is 10.9 Å². The summed E-state index contributed by atoms with van der Waals surface area (Å²) in [6.45, 7) is 2.66. The molecule has 184 valence electrons. The van der Waals surface area contributed by atoms with Crippen LogP contribution in [0.2, 0.25) is 5.02 Å². The number of anilines is 1. The first-order valence-electron chi connectivity index (χ1n) is 12.8. The van der Waals surface area contributed by atoms with E-state index in [9.17, 15) is 0 Å². The Morgan fingerprint density at radius 3 is 2.65 bits per heavy atom. The normalized spacial score (nSPS) is 19.9. The molecule has 1 aliphatic heterocycles. The summed E-state index contributed by atoms with van der Waals surface area (Å²) in [5, 5.41) is 4.48. The van der Waals surface area contributed by atoms with Crippen LogP contribution in [-0.4, -0.2) is 6.21 Å². The van der Waals surface area contributed by atoms with Gasteiger partial charge in [0.25, 0.3) is 0 Å². The SMILES string of the molecule is Cc1ccc2c(c1)[C@@H]1C=CC[C@H]1[C@H](c1ccc(N=Cc3cc(Cl)ccc3OCc3ccccc3)cc1)N2. The van der Waals surface area contributed by atoms with E-state index in [2.05, 4.69) is 79.0 Å². The quantitative estimate of drug-likeness (QED) is 0.210. The summed E-state index contributed by atoms with van der Waals surface area (Å²) >= 11 is 6.28. The molecule has 6 rings (SSSR count). The zero-order valence-electron chi connectivity index (χ0n) is 20.8. The van der Waals surface area contributed by atoms with Gasteiger partial charge in [0.15, 0.2) is 0 Å². The second-order valence-corrected chi connectivity index (χ2v) is 10.3. The molecule has 0 bridgehead atoms. The maximum Gasteiger partial charge on any atom is 0.128 e. The Hall–Kier alpha value is -3.82. The number of nitrogens with one attached hydrogen (secondary N) is 1. The van der Waals surface area contributed by atoms with Crippen molar-refractivity contribution < 1.29 is 4.74 Å². The van der Waals surface area contributed by atoms with E-state index < -0.39 is 0 Å². The summed E-state index contributed by atoms with van der Waals surface area (Å²) in [7, 11) is 0. The van der Waals surface area contributed by atoms with Crippen molar-refractivity contribution in [3.8, 4) is 5.75 Å². The number of ether oxygens (including phenoxy) is 1. The number of hydrogen-bond acceptors (Lipinski definition) is 3. The molecule has 4 aromatic carbocycles. The minimum Gasteiger partial charge on any atom is -0.488 e. The molecule has 0 unspecified atom stereocenters. The molecule has 0 radical (unpaired) electrons. The first kappa shape index (κ1) is 23.6. The average molecular weight is 505 g/mol. The van der Waals surface area contributed by atoms with Gasteiger partial charge < -0.3 is 10.1 Å². The van der Waals surface area contributed by atoms with E-state index >= 15 is 0 Å².